The third-order valence-corrected chi connectivity index (χ3v) is 3.10. The molecule has 0 saturated carbocycles. The van der Waals surface area contributed by atoms with Crippen LogP contribution >= 0.6 is 11.6 Å². The van der Waals surface area contributed by atoms with Crippen molar-refractivity contribution in [1.82, 2.24) is 4.90 Å². The Hall–Kier alpha value is -1.46. The molecule has 1 N–H and O–H groups in total. The first kappa shape index (κ1) is 10.7. The zero-order chi connectivity index (χ0) is 12.0. The maximum Gasteiger partial charge on any atom is 0.254 e. The summed E-state index contributed by atoms with van der Waals surface area (Å²) in [5.74, 6) is 0.810. The van der Waals surface area contributed by atoms with E-state index in [2.05, 4.69) is 0 Å². The zero-order valence-corrected chi connectivity index (χ0v) is 9.61. The second kappa shape index (κ2) is 3.78. The van der Waals surface area contributed by atoms with Crippen LogP contribution in [0.15, 0.2) is 12.1 Å². The van der Waals surface area contributed by atoms with E-state index in [-0.39, 0.29) is 12.7 Å². The van der Waals surface area contributed by atoms with E-state index in [1.807, 2.05) is 0 Å². The molecule has 1 aromatic carbocycles. The van der Waals surface area contributed by atoms with Gasteiger partial charge in [0, 0.05) is 18.7 Å². The maximum atomic E-state index is 12.0. The van der Waals surface area contributed by atoms with Gasteiger partial charge in [-0.3, -0.25) is 4.79 Å². The van der Waals surface area contributed by atoms with Crippen LogP contribution in [0, 0.1) is 0 Å². The van der Waals surface area contributed by atoms with Gasteiger partial charge in [0.15, 0.2) is 11.5 Å². The van der Waals surface area contributed by atoms with Gasteiger partial charge in [-0.1, -0.05) is 11.6 Å². The monoisotopic (exact) mass is 255 g/mol. The second-order valence-electron chi connectivity index (χ2n) is 4.06. The topological polar surface area (TPSA) is 59.0 Å². The number of hydrogen-bond donors (Lipinski definition) is 1. The van der Waals surface area contributed by atoms with E-state index in [4.69, 9.17) is 26.2 Å². The highest BCUT2D eigenvalue weighted by atomic mass is 35.5. The first-order chi connectivity index (χ1) is 8.15. The van der Waals surface area contributed by atoms with E-state index in [0.29, 0.717) is 35.2 Å². The predicted molar refractivity (Wildman–Crippen MR) is 59.5 cm³/mol. The summed E-state index contributed by atoms with van der Waals surface area (Å²) in [6, 6.07) is 3.17. The zero-order valence-electron chi connectivity index (χ0n) is 8.85. The van der Waals surface area contributed by atoms with Crippen molar-refractivity contribution in [1.29, 1.82) is 0 Å². The number of ether oxygens (including phenoxy) is 2. The minimum atomic E-state index is -0.413. The lowest BCUT2D eigenvalue weighted by atomic mass is 10.1. The minimum Gasteiger partial charge on any atom is -0.454 e. The van der Waals surface area contributed by atoms with Crippen LogP contribution in [0.25, 0.3) is 0 Å². The van der Waals surface area contributed by atoms with Crippen LogP contribution in [-0.4, -0.2) is 41.9 Å². The van der Waals surface area contributed by atoms with Crippen LogP contribution in [-0.2, 0) is 0 Å². The Bertz CT molecular complexity index is 485. The highest BCUT2D eigenvalue weighted by Crippen LogP contribution is 2.40. The number of fused-ring (bicyclic) bond motifs is 1. The van der Waals surface area contributed by atoms with Gasteiger partial charge in [0.2, 0.25) is 6.79 Å². The maximum absolute atomic E-state index is 12.0. The molecule has 2 aliphatic heterocycles. The fourth-order valence-corrected chi connectivity index (χ4v) is 2.16. The molecule has 17 heavy (non-hydrogen) atoms. The Morgan fingerprint density at radius 3 is 2.88 bits per heavy atom. The number of nitrogens with zero attached hydrogens (tertiary/aromatic N) is 1. The lowest BCUT2D eigenvalue weighted by molar-refractivity contribution is 0.00588. The summed E-state index contributed by atoms with van der Waals surface area (Å²) in [4.78, 5) is 13.5. The summed E-state index contributed by atoms with van der Waals surface area (Å²) < 4.78 is 10.4. The Labute approximate surface area is 102 Å². The first-order valence-corrected chi connectivity index (χ1v) is 5.59. The second-order valence-corrected chi connectivity index (χ2v) is 4.46. The Kier molecular flexibility index (Phi) is 2.38. The van der Waals surface area contributed by atoms with Crippen molar-refractivity contribution in [2.45, 2.75) is 6.10 Å². The molecule has 1 amide bonds. The standard InChI is InChI=1S/C11H10ClNO4/c12-8-1-6(2-9-10(8)17-5-16-9)11(15)13-3-7(14)4-13/h1-2,7,14H,3-5H2. The van der Waals surface area contributed by atoms with Crippen LogP contribution in [0.3, 0.4) is 0 Å². The summed E-state index contributed by atoms with van der Waals surface area (Å²) in [6.07, 6.45) is -0.413. The summed E-state index contributed by atoms with van der Waals surface area (Å²) >= 11 is 5.99. The lowest BCUT2D eigenvalue weighted by Crippen LogP contribution is -2.53. The summed E-state index contributed by atoms with van der Waals surface area (Å²) in [7, 11) is 0. The summed E-state index contributed by atoms with van der Waals surface area (Å²) in [6.45, 7) is 0.852. The quantitative estimate of drug-likeness (QED) is 0.810. The van der Waals surface area contributed by atoms with Crippen molar-refractivity contribution >= 4 is 17.5 Å². The van der Waals surface area contributed by atoms with Gasteiger partial charge in [-0.25, -0.2) is 0 Å². The van der Waals surface area contributed by atoms with Crippen LogP contribution in [0.5, 0.6) is 11.5 Å². The molecule has 0 unspecified atom stereocenters. The molecule has 3 rings (SSSR count). The molecular formula is C11H10ClNO4. The highest BCUT2D eigenvalue weighted by molar-refractivity contribution is 6.32. The van der Waals surface area contributed by atoms with E-state index >= 15 is 0 Å². The van der Waals surface area contributed by atoms with Gasteiger partial charge in [0.05, 0.1) is 11.1 Å². The van der Waals surface area contributed by atoms with Crippen molar-refractivity contribution in [3.05, 3.63) is 22.7 Å². The molecule has 1 fully saturated rings. The van der Waals surface area contributed by atoms with E-state index in [9.17, 15) is 4.79 Å². The van der Waals surface area contributed by atoms with Crippen molar-refractivity contribution in [3.8, 4) is 11.5 Å². The molecule has 1 saturated heterocycles. The predicted octanol–water partition coefficient (Wildman–Crippen LogP) is 0.885. The largest absolute Gasteiger partial charge is 0.454 e. The third-order valence-electron chi connectivity index (χ3n) is 2.82. The molecule has 0 aromatic heterocycles. The molecule has 5 nitrogen and oxygen atoms in total. The number of carbonyl (C=O) groups excluding carboxylic acids is 1. The van der Waals surface area contributed by atoms with Crippen molar-refractivity contribution in [2.24, 2.45) is 0 Å². The number of hydrogen-bond acceptors (Lipinski definition) is 4. The minimum absolute atomic E-state index is 0.120. The summed E-state index contributed by atoms with van der Waals surface area (Å²) in [5, 5.41) is 9.52. The summed E-state index contributed by atoms with van der Waals surface area (Å²) in [5.41, 5.74) is 0.450. The van der Waals surface area contributed by atoms with E-state index < -0.39 is 6.10 Å². The van der Waals surface area contributed by atoms with Crippen molar-refractivity contribution in [2.75, 3.05) is 19.9 Å². The number of carbonyl (C=O) groups is 1. The number of benzene rings is 1. The van der Waals surface area contributed by atoms with Gasteiger partial charge < -0.3 is 19.5 Å². The third kappa shape index (κ3) is 1.71. The van der Waals surface area contributed by atoms with Gasteiger partial charge in [-0.15, -0.1) is 0 Å². The van der Waals surface area contributed by atoms with Crippen LogP contribution < -0.4 is 9.47 Å². The normalized spacial score (nSPS) is 18.1. The molecule has 0 atom stereocenters. The SMILES string of the molecule is O=C(c1cc(Cl)c2c(c1)OCO2)N1CC(O)C1. The Balaban J connectivity index is 1.88. The van der Waals surface area contributed by atoms with Crippen LogP contribution in [0.2, 0.25) is 5.02 Å². The molecule has 2 heterocycles. The van der Waals surface area contributed by atoms with Gasteiger partial charge in [0.1, 0.15) is 0 Å². The first-order valence-electron chi connectivity index (χ1n) is 5.21. The molecule has 0 radical (unpaired) electrons. The molecule has 90 valence electrons. The smallest absolute Gasteiger partial charge is 0.254 e. The molecular weight excluding hydrogens is 246 g/mol. The number of aliphatic hydroxyl groups is 1. The Morgan fingerprint density at radius 1 is 1.41 bits per heavy atom. The van der Waals surface area contributed by atoms with Crippen LogP contribution in [0.4, 0.5) is 0 Å². The van der Waals surface area contributed by atoms with Gasteiger partial charge >= 0.3 is 0 Å². The van der Waals surface area contributed by atoms with E-state index in [0.717, 1.165) is 0 Å². The number of aliphatic hydroxyl groups excluding tert-OH is 1. The van der Waals surface area contributed by atoms with E-state index in [1.54, 1.807) is 17.0 Å². The molecule has 0 bridgehead atoms. The van der Waals surface area contributed by atoms with Gasteiger partial charge in [-0.05, 0) is 12.1 Å². The van der Waals surface area contributed by atoms with Gasteiger partial charge in [-0.2, -0.15) is 0 Å². The molecule has 0 aliphatic carbocycles. The fourth-order valence-electron chi connectivity index (χ4n) is 1.89. The average molecular weight is 256 g/mol. The van der Waals surface area contributed by atoms with E-state index in [1.165, 1.54) is 0 Å². The lowest BCUT2D eigenvalue weighted by Gasteiger charge is -2.35. The number of β-amino-alcohol motifs (C(OH)–C–C–N with tert-alkyl or cyclic N) is 1. The number of halogens is 1. The molecule has 1 aromatic rings. The van der Waals surface area contributed by atoms with Crippen molar-refractivity contribution < 1.29 is 19.4 Å². The highest BCUT2D eigenvalue weighted by Gasteiger charge is 2.31. The van der Waals surface area contributed by atoms with Crippen LogP contribution in [0.1, 0.15) is 10.4 Å². The Morgan fingerprint density at radius 2 is 2.18 bits per heavy atom. The number of likely N-dealkylation sites (tertiary alicyclic amines) is 1. The molecule has 0 spiro atoms. The van der Waals surface area contributed by atoms with Crippen molar-refractivity contribution in [3.63, 3.8) is 0 Å². The average Bonchev–Trinajstić information content (AvgIpc) is 2.72. The fraction of sp³-hybridized carbons (Fsp3) is 0.364. The molecule has 6 heteroatoms. The van der Waals surface area contributed by atoms with Gasteiger partial charge in [0.25, 0.3) is 5.91 Å². The molecule has 2 aliphatic rings. The number of amides is 1. The number of rotatable bonds is 1.